The van der Waals surface area contributed by atoms with Gasteiger partial charge in [0.25, 0.3) is 0 Å². The molecule has 0 aliphatic carbocycles. The first-order chi connectivity index (χ1) is 8.63. The van der Waals surface area contributed by atoms with Crippen molar-refractivity contribution >= 4 is 11.8 Å². The molecule has 1 aromatic heterocycles. The lowest BCUT2D eigenvalue weighted by Gasteiger charge is -2.37. The fourth-order valence-corrected chi connectivity index (χ4v) is 2.23. The summed E-state index contributed by atoms with van der Waals surface area (Å²) in [6.07, 6.45) is 4.17. The van der Waals surface area contributed by atoms with Crippen LogP contribution in [0.25, 0.3) is 0 Å². The van der Waals surface area contributed by atoms with Crippen molar-refractivity contribution in [1.29, 1.82) is 0 Å². The molecule has 0 saturated carbocycles. The Bertz CT molecular complexity index is 429. The third kappa shape index (κ3) is 2.37. The summed E-state index contributed by atoms with van der Waals surface area (Å²) in [6.45, 7) is 4.74. The predicted molar refractivity (Wildman–Crippen MR) is 65.6 cm³/mol. The van der Waals surface area contributed by atoms with E-state index in [1.165, 1.54) is 0 Å². The summed E-state index contributed by atoms with van der Waals surface area (Å²) in [5, 5.41) is 6.79. The van der Waals surface area contributed by atoms with E-state index in [0.29, 0.717) is 19.5 Å². The molecular weight excluding hydrogens is 232 g/mol. The first-order valence-corrected chi connectivity index (χ1v) is 6.21. The highest BCUT2D eigenvalue weighted by molar-refractivity contribution is 5.96. The van der Waals surface area contributed by atoms with Gasteiger partial charge in [-0.25, -0.2) is 0 Å². The van der Waals surface area contributed by atoms with Crippen LogP contribution in [0.2, 0.25) is 0 Å². The zero-order valence-electron chi connectivity index (χ0n) is 10.7. The van der Waals surface area contributed by atoms with Gasteiger partial charge < -0.3 is 10.2 Å². The minimum absolute atomic E-state index is 0.0198. The third-order valence-electron chi connectivity index (χ3n) is 3.21. The van der Waals surface area contributed by atoms with E-state index in [2.05, 4.69) is 10.4 Å². The number of hydrogen-bond acceptors (Lipinski definition) is 3. The lowest BCUT2D eigenvalue weighted by Crippen LogP contribution is -2.62. The van der Waals surface area contributed by atoms with Gasteiger partial charge in [0, 0.05) is 18.9 Å². The van der Waals surface area contributed by atoms with Crippen molar-refractivity contribution in [3.8, 4) is 0 Å². The summed E-state index contributed by atoms with van der Waals surface area (Å²) in [6, 6.07) is 1.05. The molecule has 6 heteroatoms. The first-order valence-electron chi connectivity index (χ1n) is 6.21. The summed E-state index contributed by atoms with van der Waals surface area (Å²) in [4.78, 5) is 25.6. The van der Waals surface area contributed by atoms with Crippen molar-refractivity contribution in [2.45, 2.75) is 38.9 Å². The molecule has 1 fully saturated rings. The van der Waals surface area contributed by atoms with Crippen LogP contribution in [0, 0.1) is 0 Å². The Labute approximate surface area is 106 Å². The molecule has 2 heterocycles. The Morgan fingerprint density at radius 3 is 2.78 bits per heavy atom. The van der Waals surface area contributed by atoms with Crippen molar-refractivity contribution in [3.05, 3.63) is 18.5 Å². The van der Waals surface area contributed by atoms with Crippen molar-refractivity contribution < 1.29 is 9.59 Å². The van der Waals surface area contributed by atoms with Gasteiger partial charge in [-0.1, -0.05) is 6.92 Å². The van der Waals surface area contributed by atoms with Crippen molar-refractivity contribution in [1.82, 2.24) is 20.0 Å². The smallest absolute Gasteiger partial charge is 0.245 e. The van der Waals surface area contributed by atoms with Crippen LogP contribution >= 0.6 is 0 Å². The van der Waals surface area contributed by atoms with Gasteiger partial charge in [0.05, 0.1) is 6.54 Å². The molecule has 1 aliphatic rings. The molecule has 0 radical (unpaired) electrons. The van der Waals surface area contributed by atoms with Gasteiger partial charge in [0.15, 0.2) is 0 Å². The molecule has 2 amide bonds. The molecule has 1 aromatic rings. The van der Waals surface area contributed by atoms with Crippen LogP contribution < -0.4 is 5.32 Å². The molecule has 18 heavy (non-hydrogen) atoms. The second-order valence-electron chi connectivity index (χ2n) is 4.46. The predicted octanol–water partition coefficient (Wildman–Crippen LogP) is 0.00860. The quantitative estimate of drug-likeness (QED) is 0.818. The van der Waals surface area contributed by atoms with Crippen LogP contribution in [-0.2, 0) is 16.1 Å². The summed E-state index contributed by atoms with van der Waals surface area (Å²) in [5.41, 5.74) is 0. The van der Waals surface area contributed by atoms with E-state index in [1.54, 1.807) is 22.7 Å². The number of rotatable bonds is 4. The van der Waals surface area contributed by atoms with E-state index in [-0.39, 0.29) is 17.9 Å². The number of carbonyl (C=O) groups is 2. The van der Waals surface area contributed by atoms with Crippen LogP contribution in [0.1, 0.15) is 20.3 Å². The number of aromatic nitrogens is 2. The van der Waals surface area contributed by atoms with Gasteiger partial charge in [0.2, 0.25) is 11.8 Å². The Morgan fingerprint density at radius 2 is 2.17 bits per heavy atom. The van der Waals surface area contributed by atoms with Gasteiger partial charge in [-0.05, 0) is 19.4 Å². The zero-order chi connectivity index (χ0) is 13.1. The molecule has 2 rings (SSSR count). The lowest BCUT2D eigenvalue weighted by molar-refractivity contribution is -0.149. The number of hydrogen-bond donors (Lipinski definition) is 1. The number of amides is 2. The van der Waals surface area contributed by atoms with E-state index in [1.807, 2.05) is 19.2 Å². The number of nitrogens with zero attached hydrogens (tertiary/aromatic N) is 3. The summed E-state index contributed by atoms with van der Waals surface area (Å²) < 4.78 is 1.76. The maximum absolute atomic E-state index is 12.1. The fourth-order valence-electron chi connectivity index (χ4n) is 2.23. The Kier molecular flexibility index (Phi) is 3.64. The van der Waals surface area contributed by atoms with Crippen LogP contribution in [0.5, 0.6) is 0 Å². The van der Waals surface area contributed by atoms with Gasteiger partial charge in [-0.2, -0.15) is 5.10 Å². The second kappa shape index (κ2) is 5.20. The maximum atomic E-state index is 12.1. The van der Waals surface area contributed by atoms with Crippen LogP contribution in [0.4, 0.5) is 0 Å². The molecule has 1 saturated heterocycles. The molecule has 6 nitrogen and oxygen atoms in total. The highest BCUT2D eigenvalue weighted by atomic mass is 16.2. The SMILES string of the molecule is CCC1C(=O)NC(C)C(=O)N1CCn1cccn1. The number of piperazine rings is 1. The van der Waals surface area contributed by atoms with Crippen molar-refractivity contribution in [3.63, 3.8) is 0 Å². The van der Waals surface area contributed by atoms with Gasteiger partial charge in [-0.15, -0.1) is 0 Å². The summed E-state index contributed by atoms with van der Waals surface area (Å²) in [5.74, 6) is -0.0846. The molecule has 1 N–H and O–H groups in total. The molecule has 1 aliphatic heterocycles. The lowest BCUT2D eigenvalue weighted by atomic mass is 10.1. The average Bonchev–Trinajstić information content (AvgIpc) is 2.85. The Morgan fingerprint density at radius 1 is 1.39 bits per heavy atom. The molecule has 98 valence electrons. The Balaban J connectivity index is 2.06. The van der Waals surface area contributed by atoms with Crippen molar-refractivity contribution in [2.24, 2.45) is 0 Å². The minimum atomic E-state index is -0.432. The summed E-state index contributed by atoms with van der Waals surface area (Å²) >= 11 is 0. The molecule has 0 spiro atoms. The highest BCUT2D eigenvalue weighted by Gasteiger charge is 2.36. The zero-order valence-corrected chi connectivity index (χ0v) is 10.7. The Hall–Kier alpha value is -1.85. The summed E-state index contributed by atoms with van der Waals surface area (Å²) in [7, 11) is 0. The largest absolute Gasteiger partial charge is 0.343 e. The molecular formula is C12H18N4O2. The molecule has 0 aromatic carbocycles. The van der Waals surface area contributed by atoms with Crippen LogP contribution in [0.15, 0.2) is 18.5 Å². The average molecular weight is 250 g/mol. The van der Waals surface area contributed by atoms with Crippen molar-refractivity contribution in [2.75, 3.05) is 6.54 Å². The van der Waals surface area contributed by atoms with E-state index >= 15 is 0 Å². The normalized spacial score (nSPS) is 24.2. The van der Waals surface area contributed by atoms with Crippen LogP contribution in [-0.4, -0.2) is 45.1 Å². The second-order valence-corrected chi connectivity index (χ2v) is 4.46. The van der Waals surface area contributed by atoms with Crippen LogP contribution in [0.3, 0.4) is 0 Å². The van der Waals surface area contributed by atoms with E-state index in [9.17, 15) is 9.59 Å². The molecule has 2 atom stereocenters. The van der Waals surface area contributed by atoms with E-state index in [4.69, 9.17) is 0 Å². The maximum Gasteiger partial charge on any atom is 0.245 e. The first kappa shape index (κ1) is 12.6. The third-order valence-corrected chi connectivity index (χ3v) is 3.21. The highest BCUT2D eigenvalue weighted by Crippen LogP contribution is 2.12. The van der Waals surface area contributed by atoms with E-state index < -0.39 is 6.04 Å². The monoisotopic (exact) mass is 250 g/mol. The standard InChI is InChI=1S/C12H18N4O2/c1-3-10-11(17)14-9(2)12(18)16(10)8-7-15-6-4-5-13-15/h4-6,9-10H,3,7-8H2,1-2H3,(H,14,17). The van der Waals surface area contributed by atoms with Gasteiger partial charge >= 0.3 is 0 Å². The van der Waals surface area contributed by atoms with E-state index in [0.717, 1.165) is 0 Å². The molecule has 0 bridgehead atoms. The fraction of sp³-hybridized carbons (Fsp3) is 0.583. The van der Waals surface area contributed by atoms with Gasteiger partial charge in [0.1, 0.15) is 12.1 Å². The number of nitrogens with one attached hydrogen (secondary N) is 1. The minimum Gasteiger partial charge on any atom is -0.343 e. The number of carbonyl (C=O) groups excluding carboxylic acids is 2. The molecule has 2 unspecified atom stereocenters. The topological polar surface area (TPSA) is 67.2 Å². The van der Waals surface area contributed by atoms with Gasteiger partial charge in [-0.3, -0.25) is 14.3 Å².